The molecule has 36 heavy (non-hydrogen) atoms. The van der Waals surface area contributed by atoms with E-state index in [1.807, 2.05) is 24.7 Å². The average molecular weight is 527 g/mol. The predicted octanol–water partition coefficient (Wildman–Crippen LogP) is 4.81. The van der Waals surface area contributed by atoms with Crippen LogP contribution in [0.4, 0.5) is 11.4 Å². The van der Waals surface area contributed by atoms with Crippen LogP contribution in [-0.4, -0.2) is 37.2 Å². The summed E-state index contributed by atoms with van der Waals surface area (Å²) in [5, 5.41) is 4.86. The van der Waals surface area contributed by atoms with Crippen LogP contribution in [-0.2, 0) is 11.6 Å². The Bertz CT molecular complexity index is 1420. The number of hydrogen-bond acceptors (Lipinski definition) is 7. The predicted molar refractivity (Wildman–Crippen MR) is 145 cm³/mol. The zero-order chi connectivity index (χ0) is 24.8. The Morgan fingerprint density at radius 1 is 1.19 bits per heavy atom. The maximum absolute atomic E-state index is 12.7. The van der Waals surface area contributed by atoms with Gasteiger partial charge in [0.15, 0.2) is 0 Å². The van der Waals surface area contributed by atoms with Crippen molar-refractivity contribution in [1.29, 1.82) is 0 Å². The molecule has 1 aromatic carbocycles. The fourth-order valence-electron chi connectivity index (χ4n) is 8.61. The van der Waals surface area contributed by atoms with Crippen molar-refractivity contribution in [1.82, 2.24) is 9.55 Å². The lowest BCUT2D eigenvalue weighted by atomic mass is 9.52. The number of hydrogen-bond donors (Lipinski definition) is 5. The summed E-state index contributed by atoms with van der Waals surface area (Å²) in [5.74, 6) is 1.65. The highest BCUT2D eigenvalue weighted by molar-refractivity contribution is 7.99. The van der Waals surface area contributed by atoms with Gasteiger partial charge in [-0.05, 0) is 79.5 Å². The van der Waals surface area contributed by atoms with Gasteiger partial charge in [-0.25, -0.2) is 0 Å². The van der Waals surface area contributed by atoms with Gasteiger partial charge in [-0.15, -0.1) is 0 Å². The number of anilines is 2. The molecule has 5 N–H and O–H groups in total. The molecule has 1 spiro atoms. The number of fused-ring (bicyclic) bond motifs is 3. The molecule has 4 fully saturated rings. The Balaban J connectivity index is 1.28. The van der Waals surface area contributed by atoms with Crippen LogP contribution in [0.5, 0.6) is 0 Å². The van der Waals surface area contributed by atoms with Crippen molar-refractivity contribution >= 4 is 42.8 Å². The molecule has 3 aromatic rings. The number of aryl methyl sites for hydroxylation is 1. The summed E-state index contributed by atoms with van der Waals surface area (Å²) in [6.07, 6.45) is 11.0. The highest BCUT2D eigenvalue weighted by Gasteiger charge is 2.75. The third-order valence-corrected chi connectivity index (χ3v) is 10.5. The smallest absolute Gasteiger partial charge is 0.327 e. The number of benzene rings is 1. The molecule has 2 heterocycles. The topological polar surface area (TPSA) is 112 Å². The fraction of sp³-hybridized carbons (Fsp3) is 0.500. The summed E-state index contributed by atoms with van der Waals surface area (Å²) in [4.78, 5) is 35.2. The van der Waals surface area contributed by atoms with E-state index in [2.05, 4.69) is 33.2 Å². The second-order valence-corrected chi connectivity index (χ2v) is 12.6. The third-order valence-electron chi connectivity index (χ3n) is 9.53. The zero-order valence-electron chi connectivity index (χ0n) is 20.3. The van der Waals surface area contributed by atoms with Crippen LogP contribution in [0.1, 0.15) is 32.1 Å². The quantitative estimate of drug-likeness (QED) is 0.222. The summed E-state index contributed by atoms with van der Waals surface area (Å²) in [6, 6.07) is 8.71. The second-order valence-electron chi connectivity index (χ2n) is 11.3. The van der Waals surface area contributed by atoms with Crippen molar-refractivity contribution in [3.05, 3.63) is 47.0 Å². The highest BCUT2D eigenvalue weighted by Crippen LogP contribution is 2.78. The van der Waals surface area contributed by atoms with E-state index in [0.717, 1.165) is 47.2 Å². The van der Waals surface area contributed by atoms with Crippen molar-refractivity contribution in [2.24, 2.45) is 30.2 Å². The monoisotopic (exact) mass is 526 g/mol. The van der Waals surface area contributed by atoms with Crippen LogP contribution in [0.2, 0.25) is 0 Å². The first-order valence-corrected chi connectivity index (χ1v) is 15.0. The normalized spacial score (nSPS) is 33.8. The Kier molecular flexibility index (Phi) is 5.13. The van der Waals surface area contributed by atoms with Crippen LogP contribution < -0.4 is 15.6 Å². The molecule has 4 aliphatic carbocycles. The average Bonchev–Trinajstić information content (AvgIpc) is 3.46. The lowest BCUT2D eigenvalue weighted by molar-refractivity contribution is -0.0284. The molecule has 0 amide bonds. The summed E-state index contributed by atoms with van der Waals surface area (Å²) < 4.78 is 10.8. The van der Waals surface area contributed by atoms with E-state index in [-0.39, 0.29) is 16.6 Å². The van der Waals surface area contributed by atoms with Gasteiger partial charge in [-0.2, -0.15) is 0 Å². The molecule has 8 nitrogen and oxygen atoms in total. The molecule has 7 rings (SSSR count). The number of aromatic amines is 1. The summed E-state index contributed by atoms with van der Waals surface area (Å²) in [5.41, 5.74) is 4.63. The number of nitrogens with one attached hydrogen (secondary N) is 3. The lowest BCUT2D eigenvalue weighted by Crippen LogP contribution is -2.58. The van der Waals surface area contributed by atoms with Crippen molar-refractivity contribution in [3.8, 4) is 11.1 Å². The van der Waals surface area contributed by atoms with Gasteiger partial charge in [0.2, 0.25) is 0 Å². The maximum atomic E-state index is 12.7. The van der Waals surface area contributed by atoms with Gasteiger partial charge in [0.05, 0.1) is 5.60 Å². The summed E-state index contributed by atoms with van der Waals surface area (Å²) in [6.45, 7) is 0. The molecule has 6 atom stereocenters. The fourth-order valence-corrected chi connectivity index (χ4v) is 9.53. The van der Waals surface area contributed by atoms with Crippen LogP contribution >= 0.6 is 20.6 Å². The molecule has 190 valence electrons. The first-order valence-electron chi connectivity index (χ1n) is 12.6. The van der Waals surface area contributed by atoms with E-state index in [0.29, 0.717) is 29.3 Å². The number of H-pyrrole nitrogens is 1. The first kappa shape index (κ1) is 23.1. The van der Waals surface area contributed by atoms with Crippen LogP contribution in [0.25, 0.3) is 22.0 Å². The SMILES string of the molecule is CSNc1ccc(NC2C3CC4CC5(OP(O)O)CC2C3(C4)C5)c(-c2cn(C)c(=O)c3[nH]ccc23)c1. The minimum Gasteiger partial charge on any atom is -0.381 e. The second kappa shape index (κ2) is 7.98. The minimum absolute atomic E-state index is 0.0374. The van der Waals surface area contributed by atoms with Crippen LogP contribution in [0, 0.1) is 23.2 Å². The molecule has 0 aliphatic heterocycles. The summed E-state index contributed by atoms with van der Waals surface area (Å²) >= 11 is 1.55. The Morgan fingerprint density at radius 3 is 2.86 bits per heavy atom. The Morgan fingerprint density at radius 2 is 2.06 bits per heavy atom. The largest absolute Gasteiger partial charge is 0.381 e. The number of rotatable bonds is 7. The van der Waals surface area contributed by atoms with E-state index >= 15 is 0 Å². The third kappa shape index (κ3) is 3.19. The first-order chi connectivity index (χ1) is 17.3. The molecule has 4 aliphatic rings. The number of pyridine rings is 1. The van der Waals surface area contributed by atoms with Gasteiger partial charge in [0.1, 0.15) is 5.52 Å². The van der Waals surface area contributed by atoms with Crippen LogP contribution in [0.15, 0.2) is 41.5 Å². The maximum Gasteiger partial charge on any atom is 0.327 e. The molecular weight excluding hydrogens is 495 g/mol. The molecule has 3 bridgehead atoms. The van der Waals surface area contributed by atoms with E-state index in [4.69, 9.17) is 4.52 Å². The Hall–Kier alpha value is -2.03. The number of nitrogens with zero attached hydrogens (tertiary/aromatic N) is 1. The van der Waals surface area contributed by atoms with E-state index in [1.54, 1.807) is 23.6 Å². The number of aromatic nitrogens is 2. The van der Waals surface area contributed by atoms with Crippen LogP contribution in [0.3, 0.4) is 0 Å². The standard InChI is InChI=1S/C26H31N4O4PS/c1-30-12-18(16-5-6-27-22(16)24(30)31)17-8-15(29-36-2)3-4-21(17)28-23-19-7-14-9-25(34-35(32)33)11-20(23)26(19,10-14)13-25/h3-6,8,12,14,19-20,23,27-29,32-33H,7,9-11,13H2,1-2H3. The van der Waals surface area contributed by atoms with Gasteiger partial charge in [-0.3, -0.25) is 4.79 Å². The molecule has 0 radical (unpaired) electrons. The van der Waals surface area contributed by atoms with E-state index < -0.39 is 8.60 Å². The molecular formula is C26H31N4O4PS. The lowest BCUT2D eigenvalue weighted by Gasteiger charge is -2.56. The van der Waals surface area contributed by atoms with Gasteiger partial charge >= 0.3 is 8.60 Å². The Labute approximate surface area is 215 Å². The molecule has 6 unspecified atom stereocenters. The van der Waals surface area contributed by atoms with Gasteiger partial charge in [0.25, 0.3) is 5.56 Å². The van der Waals surface area contributed by atoms with Gasteiger partial charge < -0.3 is 33.9 Å². The van der Waals surface area contributed by atoms with Crippen molar-refractivity contribution in [3.63, 3.8) is 0 Å². The molecule has 2 aromatic heterocycles. The van der Waals surface area contributed by atoms with E-state index in [1.165, 1.54) is 12.8 Å². The summed E-state index contributed by atoms with van der Waals surface area (Å²) in [7, 11) is -0.554. The van der Waals surface area contributed by atoms with Crippen molar-refractivity contribution < 1.29 is 14.3 Å². The minimum atomic E-state index is -2.35. The van der Waals surface area contributed by atoms with Crippen molar-refractivity contribution in [2.45, 2.75) is 43.7 Å². The molecule has 10 heteroatoms. The highest BCUT2D eigenvalue weighted by atomic mass is 32.2. The van der Waals surface area contributed by atoms with E-state index in [9.17, 15) is 14.6 Å². The van der Waals surface area contributed by atoms with Gasteiger partial charge in [-0.1, -0.05) is 11.9 Å². The molecule has 4 saturated carbocycles. The zero-order valence-corrected chi connectivity index (χ0v) is 22.0. The van der Waals surface area contributed by atoms with Crippen molar-refractivity contribution in [2.75, 3.05) is 16.3 Å². The van der Waals surface area contributed by atoms with Gasteiger partial charge in [0, 0.05) is 59.6 Å². The molecule has 0 saturated heterocycles.